The van der Waals surface area contributed by atoms with Crippen LogP contribution in [-0.2, 0) is 6.42 Å². The molecule has 5 heteroatoms. The van der Waals surface area contributed by atoms with Crippen molar-refractivity contribution in [1.29, 1.82) is 0 Å². The van der Waals surface area contributed by atoms with E-state index in [0.29, 0.717) is 6.42 Å². The highest BCUT2D eigenvalue weighted by Gasteiger charge is 2.16. The SMILES string of the molecule is CCNC(Cc1ccc(F)c(F)c1)c1cc(Br)c(C)s1. The molecule has 1 aromatic heterocycles. The van der Waals surface area contributed by atoms with Crippen molar-refractivity contribution in [2.75, 3.05) is 6.54 Å². The number of benzene rings is 1. The molecule has 20 heavy (non-hydrogen) atoms. The molecular formula is C15H16BrF2NS. The molecule has 0 aliphatic heterocycles. The third kappa shape index (κ3) is 3.65. The largest absolute Gasteiger partial charge is 0.309 e. The Morgan fingerprint density at radius 3 is 2.55 bits per heavy atom. The molecule has 2 aromatic rings. The van der Waals surface area contributed by atoms with Crippen LogP contribution >= 0.6 is 27.3 Å². The van der Waals surface area contributed by atoms with Gasteiger partial charge >= 0.3 is 0 Å². The minimum absolute atomic E-state index is 0.111. The Morgan fingerprint density at radius 2 is 2.00 bits per heavy atom. The summed E-state index contributed by atoms with van der Waals surface area (Å²) in [5.41, 5.74) is 0.789. The maximum atomic E-state index is 13.3. The van der Waals surface area contributed by atoms with Gasteiger partial charge in [0.15, 0.2) is 11.6 Å². The highest BCUT2D eigenvalue weighted by molar-refractivity contribution is 9.10. The van der Waals surface area contributed by atoms with Gasteiger partial charge < -0.3 is 5.32 Å². The van der Waals surface area contributed by atoms with Crippen LogP contribution in [0.15, 0.2) is 28.7 Å². The van der Waals surface area contributed by atoms with Crippen LogP contribution in [0.2, 0.25) is 0 Å². The molecule has 1 heterocycles. The second-order valence-corrected chi connectivity index (χ2v) is 6.76. The van der Waals surface area contributed by atoms with Crippen LogP contribution < -0.4 is 5.32 Å². The second kappa shape index (κ2) is 6.78. The van der Waals surface area contributed by atoms with E-state index in [2.05, 4.69) is 34.2 Å². The summed E-state index contributed by atoms with van der Waals surface area (Å²) >= 11 is 5.23. The molecule has 1 unspecified atom stereocenters. The first-order valence-corrected chi connectivity index (χ1v) is 8.05. The zero-order valence-electron chi connectivity index (χ0n) is 11.3. The predicted octanol–water partition coefficient (Wildman–Crippen LogP) is 4.99. The van der Waals surface area contributed by atoms with Crippen LogP contribution in [0, 0.1) is 18.6 Å². The molecule has 0 aliphatic carbocycles. The molecule has 0 spiro atoms. The molecule has 2 rings (SSSR count). The van der Waals surface area contributed by atoms with Gasteiger partial charge in [-0.1, -0.05) is 13.0 Å². The first-order valence-electron chi connectivity index (χ1n) is 6.44. The lowest BCUT2D eigenvalue weighted by Crippen LogP contribution is -2.22. The van der Waals surface area contributed by atoms with Crippen molar-refractivity contribution < 1.29 is 8.78 Å². The third-order valence-corrected chi connectivity index (χ3v) is 5.34. The summed E-state index contributed by atoms with van der Waals surface area (Å²) in [6.45, 7) is 4.91. The Balaban J connectivity index is 2.22. The van der Waals surface area contributed by atoms with E-state index >= 15 is 0 Å². The van der Waals surface area contributed by atoms with Crippen molar-refractivity contribution in [3.05, 3.63) is 55.7 Å². The minimum Gasteiger partial charge on any atom is -0.309 e. The number of hydrogen-bond donors (Lipinski definition) is 1. The Labute approximate surface area is 130 Å². The van der Waals surface area contributed by atoms with Crippen LogP contribution in [0.1, 0.15) is 28.3 Å². The summed E-state index contributed by atoms with van der Waals surface area (Å²) in [4.78, 5) is 2.41. The van der Waals surface area contributed by atoms with E-state index in [0.717, 1.165) is 16.6 Å². The molecule has 0 radical (unpaired) electrons. The maximum Gasteiger partial charge on any atom is 0.159 e. The molecule has 1 N–H and O–H groups in total. The van der Waals surface area contributed by atoms with Crippen LogP contribution in [-0.4, -0.2) is 6.54 Å². The topological polar surface area (TPSA) is 12.0 Å². The van der Waals surface area contributed by atoms with Crippen molar-refractivity contribution in [2.24, 2.45) is 0 Å². The summed E-state index contributed by atoms with van der Waals surface area (Å²) in [5, 5.41) is 3.40. The van der Waals surface area contributed by atoms with Crippen molar-refractivity contribution in [3.8, 4) is 0 Å². The number of hydrogen-bond acceptors (Lipinski definition) is 2. The summed E-state index contributed by atoms with van der Waals surface area (Å²) < 4.78 is 27.3. The van der Waals surface area contributed by atoms with Gasteiger partial charge in [-0.05, 0) is 59.6 Å². The number of likely N-dealkylation sites (N-methyl/N-ethyl adjacent to an activating group) is 1. The van der Waals surface area contributed by atoms with Crippen LogP contribution in [0.3, 0.4) is 0 Å². The van der Waals surface area contributed by atoms with E-state index in [1.54, 1.807) is 17.4 Å². The van der Waals surface area contributed by atoms with E-state index in [9.17, 15) is 8.78 Å². The Bertz CT molecular complexity index is 578. The van der Waals surface area contributed by atoms with Crippen molar-refractivity contribution in [1.82, 2.24) is 5.32 Å². The zero-order valence-corrected chi connectivity index (χ0v) is 13.7. The van der Waals surface area contributed by atoms with Crippen molar-refractivity contribution in [2.45, 2.75) is 26.3 Å². The first kappa shape index (κ1) is 15.6. The molecule has 108 valence electrons. The number of rotatable bonds is 5. The monoisotopic (exact) mass is 359 g/mol. The maximum absolute atomic E-state index is 13.3. The molecule has 1 aromatic carbocycles. The summed E-state index contributed by atoms with van der Waals surface area (Å²) in [5.74, 6) is -1.59. The molecule has 1 nitrogen and oxygen atoms in total. The molecule has 0 saturated heterocycles. The van der Waals surface area contributed by atoms with Gasteiger partial charge in [-0.25, -0.2) is 8.78 Å². The number of halogens is 3. The third-order valence-electron chi connectivity index (χ3n) is 3.09. The fourth-order valence-corrected chi connectivity index (χ4v) is 3.71. The number of aryl methyl sites for hydroxylation is 1. The average molecular weight is 360 g/mol. The van der Waals surface area contributed by atoms with Gasteiger partial charge in [0.05, 0.1) is 0 Å². The Morgan fingerprint density at radius 1 is 1.25 bits per heavy atom. The molecule has 0 bridgehead atoms. The average Bonchev–Trinajstić information content (AvgIpc) is 2.73. The molecule has 0 aliphatic rings. The van der Waals surface area contributed by atoms with Gasteiger partial charge in [0.1, 0.15) is 0 Å². The lowest BCUT2D eigenvalue weighted by Gasteiger charge is -2.16. The predicted molar refractivity (Wildman–Crippen MR) is 83.2 cm³/mol. The van der Waals surface area contributed by atoms with Gasteiger partial charge in [0, 0.05) is 20.3 Å². The van der Waals surface area contributed by atoms with Gasteiger partial charge in [-0.3, -0.25) is 0 Å². The van der Waals surface area contributed by atoms with Crippen LogP contribution in [0.25, 0.3) is 0 Å². The standard InChI is InChI=1S/C15H16BrF2NS/c1-3-19-14(15-8-11(16)9(2)20-15)7-10-4-5-12(17)13(18)6-10/h4-6,8,14,19H,3,7H2,1-2H3. The number of thiophene rings is 1. The zero-order chi connectivity index (χ0) is 14.7. The van der Waals surface area contributed by atoms with Gasteiger partial charge in [-0.15, -0.1) is 11.3 Å². The van der Waals surface area contributed by atoms with E-state index in [4.69, 9.17) is 0 Å². The highest BCUT2D eigenvalue weighted by Crippen LogP contribution is 2.32. The second-order valence-electron chi connectivity index (χ2n) is 4.62. The lowest BCUT2D eigenvalue weighted by molar-refractivity contribution is 0.503. The van der Waals surface area contributed by atoms with Crippen LogP contribution in [0.4, 0.5) is 8.78 Å². The minimum atomic E-state index is -0.802. The Hall–Kier alpha value is -0.780. The summed E-state index contributed by atoms with van der Waals surface area (Å²) in [6, 6.07) is 6.30. The lowest BCUT2D eigenvalue weighted by atomic mass is 10.0. The van der Waals surface area contributed by atoms with Crippen LogP contribution in [0.5, 0.6) is 0 Å². The quantitative estimate of drug-likeness (QED) is 0.792. The molecule has 1 atom stereocenters. The number of nitrogens with one attached hydrogen (secondary N) is 1. The molecule has 0 amide bonds. The highest BCUT2D eigenvalue weighted by atomic mass is 79.9. The van der Waals surface area contributed by atoms with E-state index in [-0.39, 0.29) is 6.04 Å². The van der Waals surface area contributed by atoms with Gasteiger partial charge in [0.2, 0.25) is 0 Å². The Kier molecular flexibility index (Phi) is 5.29. The smallest absolute Gasteiger partial charge is 0.159 e. The molecule has 0 saturated carbocycles. The van der Waals surface area contributed by atoms with E-state index < -0.39 is 11.6 Å². The fraction of sp³-hybridized carbons (Fsp3) is 0.333. The van der Waals surface area contributed by atoms with Crippen molar-refractivity contribution >= 4 is 27.3 Å². The molecular weight excluding hydrogens is 344 g/mol. The van der Waals surface area contributed by atoms with E-state index in [1.165, 1.54) is 21.9 Å². The fourth-order valence-electron chi connectivity index (χ4n) is 2.08. The molecule has 0 fully saturated rings. The van der Waals surface area contributed by atoms with Crippen molar-refractivity contribution in [3.63, 3.8) is 0 Å². The van der Waals surface area contributed by atoms with Gasteiger partial charge in [-0.2, -0.15) is 0 Å². The normalized spacial score (nSPS) is 12.7. The summed E-state index contributed by atoms with van der Waals surface area (Å²) in [6.07, 6.45) is 0.636. The first-order chi connectivity index (χ1) is 9.51. The summed E-state index contributed by atoms with van der Waals surface area (Å²) in [7, 11) is 0. The van der Waals surface area contributed by atoms with E-state index in [1.807, 2.05) is 6.92 Å². The van der Waals surface area contributed by atoms with Gasteiger partial charge in [0.25, 0.3) is 0 Å².